The summed E-state index contributed by atoms with van der Waals surface area (Å²) >= 11 is 0. The minimum atomic E-state index is -0.431. The molecule has 0 bridgehead atoms. The molecule has 0 spiro atoms. The van der Waals surface area contributed by atoms with E-state index >= 15 is 0 Å². The van der Waals surface area contributed by atoms with Gasteiger partial charge in [0.25, 0.3) is 0 Å². The van der Waals surface area contributed by atoms with Gasteiger partial charge in [0.15, 0.2) is 0 Å². The van der Waals surface area contributed by atoms with Crippen LogP contribution in [0.3, 0.4) is 0 Å². The van der Waals surface area contributed by atoms with Gasteiger partial charge in [0.2, 0.25) is 0 Å². The monoisotopic (exact) mass is 274 g/mol. The van der Waals surface area contributed by atoms with Gasteiger partial charge in [-0.05, 0) is 26.3 Å². The molecule has 0 saturated carbocycles. The van der Waals surface area contributed by atoms with E-state index in [1.807, 2.05) is 6.92 Å². The predicted molar refractivity (Wildman–Crippen MR) is 74.4 cm³/mol. The van der Waals surface area contributed by atoms with Crippen LogP contribution >= 0.6 is 0 Å². The van der Waals surface area contributed by atoms with Crippen molar-refractivity contribution in [2.45, 2.75) is 26.2 Å². The summed E-state index contributed by atoms with van der Waals surface area (Å²) in [5.41, 5.74) is 1.95. The van der Waals surface area contributed by atoms with Gasteiger partial charge in [0, 0.05) is 23.0 Å². The van der Waals surface area contributed by atoms with Crippen LogP contribution in [0.5, 0.6) is 5.75 Å². The fourth-order valence-electron chi connectivity index (χ4n) is 2.94. The Labute approximate surface area is 118 Å². The standard InChI is InChI=1S/C16H18O4/c1-9-8-12(10(2)17)15(14(9)16(19)20-3)11-6-4-5-7-13(11)18/h4-7,12,15,18H,8H2,1-3H3/t12-,15-/m1/s1. The normalized spacial score (nSPS) is 21.9. The molecule has 2 rings (SSSR count). The molecule has 4 heteroatoms. The number of phenols is 1. The molecule has 1 aromatic rings. The number of methoxy groups -OCH3 is 1. The summed E-state index contributed by atoms with van der Waals surface area (Å²) < 4.78 is 4.83. The Hall–Kier alpha value is -2.10. The molecule has 0 fully saturated rings. The second-order valence-electron chi connectivity index (χ2n) is 5.14. The number of ether oxygens (including phenoxy) is 1. The Morgan fingerprint density at radius 3 is 2.50 bits per heavy atom. The van der Waals surface area contributed by atoms with Crippen LogP contribution in [0.25, 0.3) is 0 Å². The molecule has 0 amide bonds. The second-order valence-corrected chi connectivity index (χ2v) is 5.14. The Morgan fingerprint density at radius 2 is 1.95 bits per heavy atom. The number of phenolic OH excluding ortho intramolecular Hbond substituents is 1. The van der Waals surface area contributed by atoms with E-state index in [9.17, 15) is 14.7 Å². The van der Waals surface area contributed by atoms with Gasteiger partial charge in [0.1, 0.15) is 11.5 Å². The highest BCUT2D eigenvalue weighted by Crippen LogP contribution is 2.47. The van der Waals surface area contributed by atoms with Crippen molar-refractivity contribution in [3.05, 3.63) is 41.0 Å². The molecule has 0 unspecified atom stereocenters. The van der Waals surface area contributed by atoms with Crippen LogP contribution in [0.1, 0.15) is 31.7 Å². The molecule has 0 aromatic heterocycles. The van der Waals surface area contributed by atoms with Gasteiger partial charge >= 0.3 is 5.97 Å². The second kappa shape index (κ2) is 5.49. The van der Waals surface area contributed by atoms with Crippen molar-refractivity contribution in [2.75, 3.05) is 7.11 Å². The van der Waals surface area contributed by atoms with Gasteiger partial charge < -0.3 is 9.84 Å². The van der Waals surface area contributed by atoms with Crippen LogP contribution < -0.4 is 0 Å². The lowest BCUT2D eigenvalue weighted by Gasteiger charge is -2.21. The molecule has 1 aliphatic rings. The number of esters is 1. The van der Waals surface area contributed by atoms with E-state index in [0.29, 0.717) is 17.6 Å². The Bertz CT molecular complexity index is 586. The minimum absolute atomic E-state index is 0.0107. The number of rotatable bonds is 3. The van der Waals surface area contributed by atoms with Crippen LogP contribution in [0, 0.1) is 5.92 Å². The zero-order valence-corrected chi connectivity index (χ0v) is 11.8. The minimum Gasteiger partial charge on any atom is -0.508 e. The lowest BCUT2D eigenvalue weighted by molar-refractivity contribution is -0.136. The van der Waals surface area contributed by atoms with Crippen LogP contribution in [-0.2, 0) is 14.3 Å². The van der Waals surface area contributed by atoms with Crippen molar-refractivity contribution in [2.24, 2.45) is 5.92 Å². The first kappa shape index (κ1) is 14.3. The molecule has 1 aliphatic carbocycles. The summed E-state index contributed by atoms with van der Waals surface area (Å²) in [5.74, 6) is -1.07. The van der Waals surface area contributed by atoms with Crippen molar-refractivity contribution >= 4 is 11.8 Å². The van der Waals surface area contributed by atoms with Gasteiger partial charge in [-0.2, -0.15) is 0 Å². The average Bonchev–Trinajstić information content (AvgIpc) is 2.76. The third-order valence-electron chi connectivity index (χ3n) is 3.90. The van der Waals surface area contributed by atoms with Crippen molar-refractivity contribution in [1.29, 1.82) is 0 Å². The molecule has 0 radical (unpaired) electrons. The van der Waals surface area contributed by atoms with E-state index in [-0.39, 0.29) is 17.5 Å². The SMILES string of the molecule is COC(=O)C1=C(C)C[C@H](C(C)=O)[C@H]1c1ccccc1O. The fourth-order valence-corrected chi connectivity index (χ4v) is 2.94. The number of carbonyl (C=O) groups excluding carboxylic acids is 2. The molecule has 0 heterocycles. The molecule has 106 valence electrons. The summed E-state index contributed by atoms with van der Waals surface area (Å²) in [6.07, 6.45) is 0.527. The molecule has 0 aliphatic heterocycles. The van der Waals surface area contributed by atoms with Gasteiger partial charge in [-0.15, -0.1) is 0 Å². The number of Topliss-reactive ketones (excluding diaryl/α,β-unsaturated/α-hetero) is 1. The number of allylic oxidation sites excluding steroid dienone is 1. The van der Waals surface area contributed by atoms with Gasteiger partial charge in [0.05, 0.1) is 7.11 Å². The quantitative estimate of drug-likeness (QED) is 0.860. The lowest BCUT2D eigenvalue weighted by Crippen LogP contribution is -2.20. The number of hydrogen-bond acceptors (Lipinski definition) is 4. The van der Waals surface area contributed by atoms with E-state index in [4.69, 9.17) is 4.74 Å². The maximum Gasteiger partial charge on any atom is 0.334 e. The van der Waals surface area contributed by atoms with Gasteiger partial charge in [-0.1, -0.05) is 23.8 Å². The molecular weight excluding hydrogens is 256 g/mol. The number of para-hydroxylation sites is 1. The number of aromatic hydroxyl groups is 1. The van der Waals surface area contributed by atoms with E-state index in [2.05, 4.69) is 0 Å². The first-order valence-electron chi connectivity index (χ1n) is 6.53. The number of hydrogen-bond donors (Lipinski definition) is 1. The number of ketones is 1. The van der Waals surface area contributed by atoms with Crippen molar-refractivity contribution < 1.29 is 19.4 Å². The van der Waals surface area contributed by atoms with Crippen LogP contribution in [-0.4, -0.2) is 24.0 Å². The highest BCUT2D eigenvalue weighted by molar-refractivity contribution is 5.95. The molecule has 0 saturated heterocycles. The Morgan fingerprint density at radius 1 is 1.30 bits per heavy atom. The van der Waals surface area contributed by atoms with E-state index in [0.717, 1.165) is 5.57 Å². The average molecular weight is 274 g/mol. The van der Waals surface area contributed by atoms with Gasteiger partial charge in [-0.25, -0.2) is 4.79 Å². The molecule has 1 aromatic carbocycles. The molecular formula is C16H18O4. The molecule has 20 heavy (non-hydrogen) atoms. The topological polar surface area (TPSA) is 63.6 Å². The Balaban J connectivity index is 2.56. The number of benzene rings is 1. The van der Waals surface area contributed by atoms with Crippen LogP contribution in [0.15, 0.2) is 35.4 Å². The third kappa shape index (κ3) is 2.33. The molecule has 2 atom stereocenters. The summed E-state index contributed by atoms with van der Waals surface area (Å²) in [4.78, 5) is 23.9. The maximum absolute atomic E-state index is 12.0. The van der Waals surface area contributed by atoms with E-state index in [1.165, 1.54) is 14.0 Å². The van der Waals surface area contributed by atoms with E-state index < -0.39 is 11.9 Å². The van der Waals surface area contributed by atoms with Crippen molar-refractivity contribution in [3.8, 4) is 5.75 Å². The highest BCUT2D eigenvalue weighted by atomic mass is 16.5. The largest absolute Gasteiger partial charge is 0.508 e. The summed E-state index contributed by atoms with van der Waals surface area (Å²) in [7, 11) is 1.33. The first-order valence-corrected chi connectivity index (χ1v) is 6.53. The number of carbonyl (C=O) groups is 2. The first-order chi connectivity index (χ1) is 9.47. The smallest absolute Gasteiger partial charge is 0.334 e. The third-order valence-corrected chi connectivity index (χ3v) is 3.90. The summed E-state index contributed by atoms with van der Waals surface area (Å²) in [6.45, 7) is 3.35. The summed E-state index contributed by atoms with van der Waals surface area (Å²) in [6, 6.07) is 6.81. The summed E-state index contributed by atoms with van der Waals surface area (Å²) in [5, 5.41) is 10.0. The lowest BCUT2D eigenvalue weighted by atomic mass is 9.82. The zero-order chi connectivity index (χ0) is 14.9. The highest BCUT2D eigenvalue weighted by Gasteiger charge is 2.41. The maximum atomic E-state index is 12.0. The fraction of sp³-hybridized carbons (Fsp3) is 0.375. The molecule has 1 N–H and O–H groups in total. The van der Waals surface area contributed by atoms with Crippen LogP contribution in [0.2, 0.25) is 0 Å². The predicted octanol–water partition coefficient (Wildman–Crippen LogP) is 2.57. The van der Waals surface area contributed by atoms with Crippen LogP contribution in [0.4, 0.5) is 0 Å². The molecule has 4 nitrogen and oxygen atoms in total. The van der Waals surface area contributed by atoms with Gasteiger partial charge in [-0.3, -0.25) is 4.79 Å². The van der Waals surface area contributed by atoms with Crippen molar-refractivity contribution in [3.63, 3.8) is 0 Å². The van der Waals surface area contributed by atoms with Crippen molar-refractivity contribution in [1.82, 2.24) is 0 Å². The Kier molecular flexibility index (Phi) is 3.93. The van der Waals surface area contributed by atoms with E-state index in [1.54, 1.807) is 24.3 Å². The zero-order valence-electron chi connectivity index (χ0n) is 11.8.